The third kappa shape index (κ3) is 3.85. The molecule has 21 heavy (non-hydrogen) atoms. The fourth-order valence-electron chi connectivity index (χ4n) is 1.78. The molecule has 2 N–H and O–H groups in total. The van der Waals surface area contributed by atoms with Crippen LogP contribution in [0, 0.1) is 0 Å². The third-order valence-corrected chi connectivity index (χ3v) is 6.89. The van der Waals surface area contributed by atoms with Crippen molar-refractivity contribution in [3.63, 3.8) is 0 Å². The lowest BCUT2D eigenvalue weighted by atomic mass is 10.2. The number of rotatable bonds is 5. The number of nitrogens with zero attached hydrogens (tertiary/aromatic N) is 1. The Balaban J connectivity index is 2.32. The molecule has 4 nitrogen and oxygen atoms in total. The minimum absolute atomic E-state index is 0.0882. The molecule has 2 aromatic rings. The Morgan fingerprint density at radius 3 is 2.67 bits per heavy atom. The number of benzene rings is 1. The summed E-state index contributed by atoms with van der Waals surface area (Å²) >= 11 is 10.9. The molecule has 0 aliphatic heterocycles. The second-order valence-electron chi connectivity index (χ2n) is 4.46. The quantitative estimate of drug-likeness (QED) is 0.822. The molecule has 0 radical (unpaired) electrons. The molecule has 0 spiro atoms. The topological polar surface area (TPSA) is 63.4 Å². The van der Waals surface area contributed by atoms with Gasteiger partial charge in [-0.25, -0.2) is 8.42 Å². The molecule has 1 aromatic carbocycles. The SMILES string of the molecule is CN(Cc1cc(Br)cs1)S(=O)(=O)c1cc(CN)ccc1Cl. The molecule has 1 aromatic heterocycles. The van der Waals surface area contributed by atoms with Gasteiger partial charge in [-0.3, -0.25) is 0 Å². The van der Waals surface area contributed by atoms with E-state index in [1.54, 1.807) is 12.1 Å². The lowest BCUT2D eigenvalue weighted by molar-refractivity contribution is 0.469. The Bertz CT molecular complexity index is 746. The molecule has 0 bridgehead atoms. The molecule has 1 heterocycles. The van der Waals surface area contributed by atoms with Crippen molar-refractivity contribution in [3.05, 3.63) is 49.6 Å². The fourth-order valence-corrected chi connectivity index (χ4v) is 5.04. The van der Waals surface area contributed by atoms with E-state index in [0.29, 0.717) is 6.54 Å². The van der Waals surface area contributed by atoms with Gasteiger partial charge in [0.05, 0.1) is 5.02 Å². The molecular formula is C13H14BrClN2O2S2. The summed E-state index contributed by atoms with van der Waals surface area (Å²) in [5, 5.41) is 2.11. The van der Waals surface area contributed by atoms with Crippen LogP contribution >= 0.6 is 38.9 Å². The van der Waals surface area contributed by atoms with Crippen LogP contribution in [0.4, 0.5) is 0 Å². The summed E-state index contributed by atoms with van der Waals surface area (Å²) < 4.78 is 27.5. The highest BCUT2D eigenvalue weighted by molar-refractivity contribution is 9.10. The van der Waals surface area contributed by atoms with E-state index in [-0.39, 0.29) is 16.5 Å². The van der Waals surface area contributed by atoms with Crippen LogP contribution in [0.2, 0.25) is 5.02 Å². The van der Waals surface area contributed by atoms with Crippen molar-refractivity contribution in [2.75, 3.05) is 7.05 Å². The van der Waals surface area contributed by atoms with Gasteiger partial charge in [0, 0.05) is 34.9 Å². The first-order chi connectivity index (χ1) is 9.84. The van der Waals surface area contributed by atoms with Crippen molar-refractivity contribution in [3.8, 4) is 0 Å². The Hall–Kier alpha value is -0.440. The predicted molar refractivity (Wildman–Crippen MR) is 90.0 cm³/mol. The Morgan fingerprint density at radius 1 is 1.38 bits per heavy atom. The van der Waals surface area contributed by atoms with Crippen LogP contribution in [0.5, 0.6) is 0 Å². The van der Waals surface area contributed by atoms with E-state index in [1.165, 1.54) is 28.8 Å². The van der Waals surface area contributed by atoms with Gasteiger partial charge in [-0.2, -0.15) is 4.31 Å². The van der Waals surface area contributed by atoms with Crippen LogP contribution in [-0.2, 0) is 23.1 Å². The van der Waals surface area contributed by atoms with E-state index in [0.717, 1.165) is 14.9 Å². The zero-order chi connectivity index (χ0) is 15.6. The number of sulfonamides is 1. The Morgan fingerprint density at radius 2 is 2.10 bits per heavy atom. The molecule has 0 amide bonds. The van der Waals surface area contributed by atoms with Gasteiger partial charge in [-0.15, -0.1) is 11.3 Å². The van der Waals surface area contributed by atoms with Crippen LogP contribution in [0.1, 0.15) is 10.4 Å². The number of hydrogen-bond acceptors (Lipinski definition) is 4. The Labute approximate surface area is 141 Å². The maximum absolute atomic E-state index is 12.6. The highest BCUT2D eigenvalue weighted by atomic mass is 79.9. The normalized spacial score (nSPS) is 12.0. The van der Waals surface area contributed by atoms with Gasteiger partial charge < -0.3 is 5.73 Å². The summed E-state index contributed by atoms with van der Waals surface area (Å²) in [6.45, 7) is 0.559. The van der Waals surface area contributed by atoms with E-state index in [2.05, 4.69) is 15.9 Å². The number of thiophene rings is 1. The van der Waals surface area contributed by atoms with Crippen molar-refractivity contribution in [2.24, 2.45) is 5.73 Å². The maximum atomic E-state index is 12.6. The van der Waals surface area contributed by atoms with Gasteiger partial charge in [0.15, 0.2) is 0 Å². The molecule has 0 aliphatic carbocycles. The van der Waals surface area contributed by atoms with Gasteiger partial charge in [0.25, 0.3) is 0 Å². The Kier molecular flexibility index (Phi) is 5.45. The van der Waals surface area contributed by atoms with Crippen molar-refractivity contribution in [1.29, 1.82) is 0 Å². The molecule has 0 unspecified atom stereocenters. The third-order valence-electron chi connectivity index (χ3n) is 2.92. The first-order valence-electron chi connectivity index (χ1n) is 6.02. The zero-order valence-electron chi connectivity index (χ0n) is 11.2. The average Bonchev–Trinajstić information content (AvgIpc) is 2.84. The van der Waals surface area contributed by atoms with Crippen LogP contribution in [0.3, 0.4) is 0 Å². The van der Waals surface area contributed by atoms with Gasteiger partial charge >= 0.3 is 0 Å². The monoisotopic (exact) mass is 408 g/mol. The highest BCUT2D eigenvalue weighted by Crippen LogP contribution is 2.27. The van der Waals surface area contributed by atoms with Crippen LogP contribution in [-0.4, -0.2) is 19.8 Å². The van der Waals surface area contributed by atoms with E-state index in [9.17, 15) is 8.42 Å². The van der Waals surface area contributed by atoms with Gasteiger partial charge in [0.1, 0.15) is 4.90 Å². The first kappa shape index (κ1) is 16.9. The molecule has 0 aliphatic rings. The number of halogens is 2. The second kappa shape index (κ2) is 6.76. The van der Waals surface area contributed by atoms with Crippen LogP contribution in [0.25, 0.3) is 0 Å². The van der Waals surface area contributed by atoms with E-state index < -0.39 is 10.0 Å². The molecule has 0 saturated heterocycles. The summed E-state index contributed by atoms with van der Waals surface area (Å²) in [6, 6.07) is 6.71. The van der Waals surface area contributed by atoms with Crippen LogP contribution in [0.15, 0.2) is 39.0 Å². The van der Waals surface area contributed by atoms with Crippen LogP contribution < -0.4 is 5.73 Å². The van der Waals surface area contributed by atoms with E-state index >= 15 is 0 Å². The molecule has 0 fully saturated rings. The average molecular weight is 410 g/mol. The predicted octanol–water partition coefficient (Wildman–Crippen LogP) is 3.44. The molecule has 114 valence electrons. The lowest BCUT2D eigenvalue weighted by Gasteiger charge is -2.17. The van der Waals surface area contributed by atoms with Crippen molar-refractivity contribution in [2.45, 2.75) is 18.0 Å². The molecule has 2 rings (SSSR count). The second-order valence-corrected chi connectivity index (χ2v) is 8.79. The summed E-state index contributed by atoms with van der Waals surface area (Å²) in [6.07, 6.45) is 0. The molecule has 0 saturated carbocycles. The van der Waals surface area contributed by atoms with Crippen molar-refractivity contribution >= 4 is 48.9 Å². The standard InChI is InChI=1S/C13H14BrClN2O2S2/c1-17(7-11-5-10(14)8-20-11)21(18,19)13-4-9(6-16)2-3-12(13)15/h2-5,8H,6-7,16H2,1H3. The largest absolute Gasteiger partial charge is 0.326 e. The zero-order valence-corrected chi connectivity index (χ0v) is 15.2. The maximum Gasteiger partial charge on any atom is 0.244 e. The highest BCUT2D eigenvalue weighted by Gasteiger charge is 2.24. The summed E-state index contributed by atoms with van der Waals surface area (Å²) in [4.78, 5) is 1.03. The van der Waals surface area contributed by atoms with Crippen molar-refractivity contribution in [1.82, 2.24) is 4.31 Å². The summed E-state index contributed by atoms with van der Waals surface area (Å²) in [5.74, 6) is 0. The minimum Gasteiger partial charge on any atom is -0.326 e. The first-order valence-corrected chi connectivity index (χ1v) is 9.51. The molecular weight excluding hydrogens is 396 g/mol. The smallest absolute Gasteiger partial charge is 0.244 e. The molecule has 8 heteroatoms. The number of nitrogens with two attached hydrogens (primary N) is 1. The molecule has 0 atom stereocenters. The van der Waals surface area contributed by atoms with E-state index in [4.69, 9.17) is 17.3 Å². The van der Waals surface area contributed by atoms with Gasteiger partial charge in [-0.05, 0) is 39.7 Å². The number of hydrogen-bond donors (Lipinski definition) is 1. The minimum atomic E-state index is -3.65. The van der Waals surface area contributed by atoms with Gasteiger partial charge in [0.2, 0.25) is 10.0 Å². The lowest BCUT2D eigenvalue weighted by Crippen LogP contribution is -2.26. The van der Waals surface area contributed by atoms with Crippen molar-refractivity contribution < 1.29 is 8.42 Å². The fraction of sp³-hybridized carbons (Fsp3) is 0.231. The van der Waals surface area contributed by atoms with Gasteiger partial charge in [-0.1, -0.05) is 17.7 Å². The summed E-state index contributed by atoms with van der Waals surface area (Å²) in [7, 11) is -2.12. The van der Waals surface area contributed by atoms with E-state index in [1.807, 2.05) is 11.4 Å². The summed E-state index contributed by atoms with van der Waals surface area (Å²) in [5.41, 5.74) is 6.29.